The topological polar surface area (TPSA) is 88.3 Å². The Kier molecular flexibility index (Phi) is 5.86. The number of aromatic amines is 1. The monoisotopic (exact) mass is 355 g/mol. The fraction of sp³-hybridized carbons (Fsp3) is 0.235. The van der Waals surface area contributed by atoms with Gasteiger partial charge in [0.15, 0.2) is 4.34 Å². The first kappa shape index (κ1) is 17.9. The van der Waals surface area contributed by atoms with Crippen LogP contribution < -0.4 is 4.72 Å². The van der Waals surface area contributed by atoms with E-state index >= 15 is 0 Å². The molecule has 2 aromatic heterocycles. The molecule has 0 spiro atoms. The lowest BCUT2D eigenvalue weighted by Crippen LogP contribution is -1.89. The van der Waals surface area contributed by atoms with Crippen molar-refractivity contribution in [2.24, 2.45) is 0 Å². The van der Waals surface area contributed by atoms with E-state index in [1.807, 2.05) is 39.8 Å². The number of thiazole rings is 1. The summed E-state index contributed by atoms with van der Waals surface area (Å²) in [7, 11) is 0. The number of nitrogens with one attached hydrogen (secondary N) is 2. The zero-order chi connectivity index (χ0) is 17.7. The van der Waals surface area contributed by atoms with Crippen LogP contribution in [0.2, 0.25) is 0 Å². The molecule has 0 fully saturated rings. The standard InChI is InChI=1S/C15H11N5S2.C2H6/c1-8-3-4-11(14-13(8)10(5-16)7-18-14)20-22-15-19-9(2)12(6-17)21-15;1-2/h3-4,7,18,20H,1-2H3;1-2H3. The van der Waals surface area contributed by atoms with Crippen LogP contribution in [0.3, 0.4) is 0 Å². The highest BCUT2D eigenvalue weighted by molar-refractivity contribution is 8.02. The minimum Gasteiger partial charge on any atom is -0.358 e. The van der Waals surface area contributed by atoms with Gasteiger partial charge in [-0.1, -0.05) is 31.3 Å². The number of nitrogens with zero attached hydrogens (tertiary/aromatic N) is 3. The Morgan fingerprint density at radius 2 is 1.96 bits per heavy atom. The Morgan fingerprint density at radius 3 is 2.58 bits per heavy atom. The molecule has 0 saturated heterocycles. The molecule has 1 aromatic carbocycles. The van der Waals surface area contributed by atoms with E-state index in [0.29, 0.717) is 10.4 Å². The van der Waals surface area contributed by atoms with Crippen molar-refractivity contribution < 1.29 is 0 Å². The van der Waals surface area contributed by atoms with E-state index in [-0.39, 0.29) is 0 Å². The van der Waals surface area contributed by atoms with Gasteiger partial charge in [-0.3, -0.25) is 0 Å². The smallest absolute Gasteiger partial charge is 0.171 e. The molecule has 2 N–H and O–H groups in total. The molecule has 0 aliphatic carbocycles. The number of hydrogen-bond acceptors (Lipinski definition) is 6. The van der Waals surface area contributed by atoms with Gasteiger partial charge in [0.1, 0.15) is 17.0 Å². The molecule has 0 amide bonds. The van der Waals surface area contributed by atoms with Crippen LogP contribution in [0.4, 0.5) is 5.69 Å². The van der Waals surface area contributed by atoms with E-state index in [2.05, 4.69) is 26.8 Å². The van der Waals surface area contributed by atoms with E-state index in [1.165, 1.54) is 23.3 Å². The van der Waals surface area contributed by atoms with Crippen molar-refractivity contribution in [3.8, 4) is 12.1 Å². The maximum atomic E-state index is 9.17. The summed E-state index contributed by atoms with van der Waals surface area (Å²) in [6.45, 7) is 7.81. The van der Waals surface area contributed by atoms with Crippen molar-refractivity contribution >= 4 is 39.9 Å². The zero-order valence-corrected chi connectivity index (χ0v) is 15.5. The Hall–Kier alpha value is -2.48. The summed E-state index contributed by atoms with van der Waals surface area (Å²) >= 11 is 2.73. The van der Waals surface area contributed by atoms with Crippen LogP contribution in [0.15, 0.2) is 22.7 Å². The Labute approximate surface area is 149 Å². The number of H-pyrrole nitrogens is 1. The predicted molar refractivity (Wildman–Crippen MR) is 100 cm³/mol. The molecule has 24 heavy (non-hydrogen) atoms. The predicted octanol–water partition coefficient (Wildman–Crippen LogP) is 5.13. The van der Waals surface area contributed by atoms with Crippen LogP contribution in [0.5, 0.6) is 0 Å². The molecule has 0 saturated carbocycles. The molecule has 0 bridgehead atoms. The van der Waals surface area contributed by atoms with Gasteiger partial charge >= 0.3 is 0 Å². The van der Waals surface area contributed by atoms with Gasteiger partial charge in [0.05, 0.1) is 22.5 Å². The summed E-state index contributed by atoms with van der Waals surface area (Å²) in [5, 5.41) is 19.1. The van der Waals surface area contributed by atoms with Gasteiger partial charge < -0.3 is 9.71 Å². The second-order valence-corrected chi connectivity index (χ2v) is 6.76. The van der Waals surface area contributed by atoms with Crippen LogP contribution in [0, 0.1) is 36.5 Å². The highest BCUT2D eigenvalue weighted by Gasteiger charge is 2.12. The van der Waals surface area contributed by atoms with E-state index in [0.717, 1.165) is 32.2 Å². The van der Waals surface area contributed by atoms with Crippen LogP contribution >= 0.6 is 23.3 Å². The first-order chi connectivity index (χ1) is 11.6. The van der Waals surface area contributed by atoms with Crippen LogP contribution in [0.25, 0.3) is 10.9 Å². The van der Waals surface area contributed by atoms with Gasteiger partial charge in [0.25, 0.3) is 0 Å². The second kappa shape index (κ2) is 7.87. The number of hydrogen-bond donors (Lipinski definition) is 2. The van der Waals surface area contributed by atoms with Crippen molar-refractivity contribution in [2.45, 2.75) is 32.0 Å². The van der Waals surface area contributed by atoms with Crippen molar-refractivity contribution in [3.63, 3.8) is 0 Å². The third-order valence-corrected chi connectivity index (χ3v) is 5.24. The van der Waals surface area contributed by atoms with E-state index in [1.54, 1.807) is 6.20 Å². The van der Waals surface area contributed by atoms with Gasteiger partial charge in [-0.05, 0) is 25.5 Å². The van der Waals surface area contributed by atoms with E-state index in [9.17, 15) is 5.26 Å². The number of nitriles is 2. The van der Waals surface area contributed by atoms with Crippen molar-refractivity contribution in [1.29, 1.82) is 10.5 Å². The number of rotatable bonds is 3. The SMILES string of the molecule is CC.Cc1nc(SNc2ccc(C)c3c(C#N)c[nH]c23)sc1C#N. The number of benzene rings is 1. The van der Waals surface area contributed by atoms with Gasteiger partial charge in [0, 0.05) is 23.5 Å². The molecular formula is C17H17N5S2. The van der Waals surface area contributed by atoms with Crippen molar-refractivity contribution in [3.05, 3.63) is 40.0 Å². The quantitative estimate of drug-likeness (QED) is 0.636. The Bertz CT molecular complexity index is 940. The van der Waals surface area contributed by atoms with Crippen molar-refractivity contribution in [2.75, 3.05) is 4.72 Å². The molecule has 2 heterocycles. The Balaban J connectivity index is 0.00000100. The largest absolute Gasteiger partial charge is 0.358 e. The first-order valence-electron chi connectivity index (χ1n) is 7.45. The number of fused-ring (bicyclic) bond motifs is 1. The fourth-order valence-corrected chi connectivity index (χ4v) is 3.90. The molecule has 3 aromatic rings. The highest BCUT2D eigenvalue weighted by Crippen LogP contribution is 2.33. The third kappa shape index (κ3) is 3.38. The normalized spacial score (nSPS) is 9.75. The summed E-state index contributed by atoms with van der Waals surface area (Å²) in [5.41, 5.74) is 4.23. The van der Waals surface area contributed by atoms with Gasteiger partial charge in [-0.2, -0.15) is 10.5 Å². The van der Waals surface area contributed by atoms with E-state index in [4.69, 9.17) is 5.26 Å². The molecule has 7 heteroatoms. The molecule has 3 rings (SSSR count). The lowest BCUT2D eigenvalue weighted by molar-refractivity contribution is 1.15. The average Bonchev–Trinajstić information content (AvgIpc) is 3.20. The number of aromatic nitrogens is 2. The number of aryl methyl sites for hydroxylation is 2. The summed E-state index contributed by atoms with van der Waals surface area (Å²) < 4.78 is 4.03. The van der Waals surface area contributed by atoms with Gasteiger partial charge in [-0.15, -0.1) is 0 Å². The average molecular weight is 355 g/mol. The second-order valence-electron chi connectivity index (χ2n) is 4.70. The summed E-state index contributed by atoms with van der Waals surface area (Å²) in [6.07, 6.45) is 1.72. The number of anilines is 1. The molecular weight excluding hydrogens is 338 g/mol. The molecule has 0 radical (unpaired) electrons. The summed E-state index contributed by atoms with van der Waals surface area (Å²) in [6, 6.07) is 8.28. The maximum absolute atomic E-state index is 9.17. The van der Waals surface area contributed by atoms with Crippen LogP contribution in [0.1, 0.15) is 35.5 Å². The summed E-state index contributed by atoms with van der Waals surface area (Å²) in [5.74, 6) is 0. The minimum absolute atomic E-state index is 0.630. The zero-order valence-electron chi connectivity index (χ0n) is 13.9. The summed E-state index contributed by atoms with van der Waals surface area (Å²) in [4.78, 5) is 8.12. The lowest BCUT2D eigenvalue weighted by Gasteiger charge is -2.06. The fourth-order valence-electron chi connectivity index (χ4n) is 2.21. The van der Waals surface area contributed by atoms with Crippen molar-refractivity contribution in [1.82, 2.24) is 9.97 Å². The molecule has 5 nitrogen and oxygen atoms in total. The molecule has 0 aliphatic heterocycles. The van der Waals surface area contributed by atoms with Crippen LogP contribution in [-0.4, -0.2) is 9.97 Å². The highest BCUT2D eigenvalue weighted by atomic mass is 32.2. The first-order valence-corrected chi connectivity index (χ1v) is 9.08. The lowest BCUT2D eigenvalue weighted by atomic mass is 10.1. The molecule has 0 unspecified atom stereocenters. The minimum atomic E-state index is 0.630. The maximum Gasteiger partial charge on any atom is 0.171 e. The molecule has 0 atom stereocenters. The van der Waals surface area contributed by atoms with E-state index < -0.39 is 0 Å². The molecule has 122 valence electrons. The van der Waals surface area contributed by atoms with Crippen LogP contribution in [-0.2, 0) is 0 Å². The third-order valence-electron chi connectivity index (χ3n) is 3.29. The van der Waals surface area contributed by atoms with Gasteiger partial charge in [-0.25, -0.2) is 4.98 Å². The van der Waals surface area contributed by atoms with Gasteiger partial charge in [0.2, 0.25) is 0 Å². The Morgan fingerprint density at radius 1 is 1.21 bits per heavy atom. The molecule has 0 aliphatic rings.